The predicted molar refractivity (Wildman–Crippen MR) is 404 cm³/mol. The summed E-state index contributed by atoms with van der Waals surface area (Å²) in [6.07, 6.45) is 6.19. The van der Waals surface area contributed by atoms with Gasteiger partial charge in [-0.15, -0.1) is 70.6 Å². The smallest absolute Gasteiger partial charge is 0.330 e. The van der Waals surface area contributed by atoms with Crippen molar-refractivity contribution in [1.82, 2.24) is 0 Å². The summed E-state index contributed by atoms with van der Waals surface area (Å²) in [7, 11) is -19.1. The van der Waals surface area contributed by atoms with E-state index in [1.807, 2.05) is 41.5 Å². The zero-order chi connectivity index (χ0) is 78.1. The van der Waals surface area contributed by atoms with Crippen molar-refractivity contribution in [2.24, 2.45) is 58.2 Å². The van der Waals surface area contributed by atoms with E-state index < -0.39 is 145 Å². The fourth-order valence-electron chi connectivity index (χ4n) is 21.4. The molecule has 0 aromatic carbocycles. The van der Waals surface area contributed by atoms with E-state index in [1.165, 1.54) is 35.3 Å². The second-order valence-corrected chi connectivity index (χ2v) is 54.3. The molecule has 15 saturated heterocycles. The number of thioether (sulfide) groups is 6. The minimum absolute atomic E-state index is 0.0103. The van der Waals surface area contributed by atoms with Crippen molar-refractivity contribution in [3.63, 3.8) is 0 Å². The fourth-order valence-corrected chi connectivity index (χ4v) is 51.8. The van der Waals surface area contributed by atoms with Gasteiger partial charge in [0.25, 0.3) is 20.2 Å². The van der Waals surface area contributed by atoms with E-state index in [9.17, 15) is 79.3 Å². The number of rotatable bonds is 12. The Kier molecular flexibility index (Phi) is 20.3. The Morgan fingerprint density at radius 2 is 1.04 bits per heavy atom. The Morgan fingerprint density at radius 3 is 1.64 bits per heavy atom. The van der Waals surface area contributed by atoms with Crippen molar-refractivity contribution in [2.45, 2.75) is 212 Å². The molecule has 3 aliphatic carbocycles. The van der Waals surface area contributed by atoms with Crippen LogP contribution in [0.4, 0.5) is 0 Å². The fraction of sp³-hybridized carbons (Fsp3) is 0.735. The molecular weight excluding hydrogens is 1620 g/mol. The van der Waals surface area contributed by atoms with E-state index >= 15 is 0 Å². The first-order valence-corrected chi connectivity index (χ1v) is 49.9. The SMILES string of the molecule is C=CC(=O)OC1(C)C2(C)CS(=O)(=O)C3SC1(C)C(C)C32.C=CC(=O)OC1(C)C2CC3C1OS(=O)(=O)C3S2.C=CC(=O)OC1C2CC3C(C)(S2)C1OS3(=O)=O.C=CC(=O)OC1C2CS(=O)(=O)C3C(C)C1SC23.C=CC(=O)OC1C2CS(=O)(=O)C3CC1(C)SC23.C=CC(=O)OC1C2CS(=O)(=O)C3SC1C(C)(C)C23. The van der Waals surface area contributed by atoms with Crippen LogP contribution < -0.4 is 0 Å². The van der Waals surface area contributed by atoms with Crippen molar-refractivity contribution in [1.29, 1.82) is 0 Å². The van der Waals surface area contributed by atoms with E-state index in [4.69, 9.17) is 36.8 Å². The molecule has 18 fully saturated rings. The first-order valence-electron chi connectivity index (χ1n) is 34.6. The molecule has 18 aliphatic rings. The quantitative estimate of drug-likeness (QED) is 0.0969. The Morgan fingerprint density at radius 1 is 0.491 bits per heavy atom. The van der Waals surface area contributed by atoms with Gasteiger partial charge >= 0.3 is 35.8 Å². The lowest BCUT2D eigenvalue weighted by molar-refractivity contribution is -0.166. The van der Waals surface area contributed by atoms with Gasteiger partial charge < -0.3 is 28.4 Å². The number of sulfone groups is 4. The van der Waals surface area contributed by atoms with Crippen LogP contribution in [0, 0.1) is 58.2 Å². The molecule has 0 amide bonds. The van der Waals surface area contributed by atoms with E-state index in [0.29, 0.717) is 12.8 Å². The van der Waals surface area contributed by atoms with Gasteiger partial charge in [-0.25, -0.2) is 62.4 Å². The van der Waals surface area contributed by atoms with Crippen LogP contribution >= 0.6 is 70.6 Å². The summed E-state index contributed by atoms with van der Waals surface area (Å²) in [6.45, 7) is 40.0. The van der Waals surface area contributed by atoms with Gasteiger partial charge in [-0.3, -0.25) is 8.37 Å². The highest BCUT2D eigenvalue weighted by Gasteiger charge is 2.84. The van der Waals surface area contributed by atoms with Gasteiger partial charge in [-0.1, -0.05) is 74.1 Å². The number of fused-ring (bicyclic) bond motifs is 6. The van der Waals surface area contributed by atoms with Crippen LogP contribution in [0.15, 0.2) is 75.9 Å². The number of carbonyl (C=O) groups is 6. The maximum atomic E-state index is 12.4. The summed E-state index contributed by atoms with van der Waals surface area (Å²) in [4.78, 5) is 68.3. The number of esters is 6. The predicted octanol–water partition coefficient (Wildman–Crippen LogP) is 5.76. The van der Waals surface area contributed by atoms with Crippen LogP contribution in [0.2, 0.25) is 0 Å². The lowest BCUT2D eigenvalue weighted by atomic mass is 9.71. The zero-order valence-corrected chi connectivity index (χ0v) is 69.5. The summed E-state index contributed by atoms with van der Waals surface area (Å²) < 4.78 is 184. The van der Waals surface area contributed by atoms with Crippen molar-refractivity contribution in [3.05, 3.63) is 75.9 Å². The molecule has 3 saturated carbocycles. The maximum absolute atomic E-state index is 12.4. The molecule has 26 nitrogen and oxygen atoms in total. The Hall–Kier alpha value is -3.02. The van der Waals surface area contributed by atoms with E-state index in [1.54, 1.807) is 42.2 Å². The molecule has 0 N–H and O–H groups in total. The van der Waals surface area contributed by atoms with Crippen LogP contribution in [0.5, 0.6) is 0 Å². The molecule has 32 unspecified atom stereocenters. The number of hydrogen-bond donors (Lipinski definition) is 0. The lowest BCUT2D eigenvalue weighted by Crippen LogP contribution is -2.58. The number of hydrogen-bond acceptors (Lipinski definition) is 32. The Labute approximate surface area is 645 Å². The summed E-state index contributed by atoms with van der Waals surface area (Å²) in [5.41, 5.74) is -2.26. The molecule has 38 heteroatoms. The minimum atomic E-state index is -3.50. The molecular formula is C68H88O26S12. The van der Waals surface area contributed by atoms with Crippen molar-refractivity contribution < 1.29 is 116 Å². The molecule has 0 radical (unpaired) electrons. The van der Waals surface area contributed by atoms with Gasteiger partial charge in [0.1, 0.15) is 66.8 Å². The normalized spacial score (nSPS) is 49.8. The van der Waals surface area contributed by atoms with E-state index in [-0.39, 0.29) is 155 Å². The van der Waals surface area contributed by atoms with E-state index in [0.717, 1.165) is 42.9 Å². The lowest BCUT2D eigenvalue weighted by Gasteiger charge is -2.49. The Bertz CT molecular complexity index is 4530. The molecule has 32 atom stereocenters. The average molecular weight is 1710 g/mol. The van der Waals surface area contributed by atoms with Crippen LogP contribution in [0.1, 0.15) is 88.5 Å². The van der Waals surface area contributed by atoms with Crippen LogP contribution in [-0.4, -0.2) is 232 Å². The monoisotopic (exact) mass is 1700 g/mol. The largest absolute Gasteiger partial charge is 0.458 e. The molecule has 18 rings (SSSR count). The third kappa shape index (κ3) is 12.0. The van der Waals surface area contributed by atoms with E-state index in [2.05, 4.69) is 60.2 Å². The molecule has 15 aliphatic heterocycles. The standard InChI is InChI=1S/C14H20O4S2.C12H16O4S2.2C11H14O4S2.2C10H12O5S2/c1-6-9(15)18-14(5)12(3)7-20(16,17)11-10(12)8(2)13(14,4)19-11;1-4-7(13)16-9-6-5-18(14,15)11-8(6)12(2,3)10(9)17-11;1-3-8(12)15-10-6-5-17(13,14)7-4-11(10,2)16-9(6)7;1-3-7(12)15-8-6-4-17(13,14)11-5(2)9(8)16-10(6)11;1-3-7(11)14-8-5-4-6-10(2,16-5)9(8)15-17(6,12)13;1-3-7(11)14-10(2)6-4-5-8(10)15-17(12,13)9(5)16-6/h6,8,10-11H,1,7H2,2-5H3;4,6,8-11H,1,5H2,2-3H3;3,6-7,9-10H,1,4-5H2,2H3;3,5-6,8-11H,1,4H2,2H3;2*3,5-6,8-9H,1,4H2,2H3. The van der Waals surface area contributed by atoms with Gasteiger partial charge in [0.2, 0.25) is 0 Å². The van der Waals surface area contributed by atoms with Crippen molar-refractivity contribution >= 4 is 166 Å². The van der Waals surface area contributed by atoms with Gasteiger partial charge in [0.15, 0.2) is 39.3 Å². The first-order chi connectivity index (χ1) is 48.9. The van der Waals surface area contributed by atoms with Gasteiger partial charge in [0.05, 0.1) is 47.8 Å². The molecule has 0 aromatic heterocycles. The molecule has 0 aromatic rings. The number of ether oxygens (including phenoxy) is 6. The van der Waals surface area contributed by atoms with Gasteiger partial charge in [-0.05, 0) is 83.0 Å². The second-order valence-electron chi connectivity index (χ2n) is 32.2. The minimum Gasteiger partial charge on any atom is -0.458 e. The summed E-state index contributed by atoms with van der Waals surface area (Å²) in [5.74, 6) is -2.01. The highest BCUT2D eigenvalue weighted by molar-refractivity contribution is 8.15. The average Bonchev–Trinajstić information content (AvgIpc) is 1.47. The van der Waals surface area contributed by atoms with Crippen molar-refractivity contribution in [3.8, 4) is 0 Å². The molecule has 12 bridgehead atoms. The van der Waals surface area contributed by atoms with Crippen LogP contribution in [-0.2, 0) is 125 Å². The first kappa shape index (κ1) is 81.0. The highest BCUT2D eigenvalue weighted by atomic mass is 32.3. The summed E-state index contributed by atoms with van der Waals surface area (Å²) in [5, 5.41) is -0.444. The summed E-state index contributed by atoms with van der Waals surface area (Å²) in [6, 6.07) is 0. The van der Waals surface area contributed by atoms with Gasteiger partial charge in [0, 0.05) is 97.0 Å². The number of carbonyl (C=O) groups excluding carboxylic acids is 6. The molecule has 0 spiro atoms. The third-order valence-electron chi connectivity index (χ3n) is 26.4. The maximum Gasteiger partial charge on any atom is 0.330 e. The zero-order valence-electron chi connectivity index (χ0n) is 59.7. The third-order valence-corrected chi connectivity index (χ3v) is 52.8. The Balaban J connectivity index is 0.000000113. The molecule has 588 valence electrons. The highest BCUT2D eigenvalue weighted by Crippen LogP contribution is 2.78. The molecule has 15 heterocycles. The second kappa shape index (κ2) is 26.5. The van der Waals surface area contributed by atoms with Gasteiger partial charge in [-0.2, -0.15) is 16.8 Å². The topological polar surface area (TPSA) is 381 Å². The van der Waals surface area contributed by atoms with Crippen LogP contribution in [0.25, 0.3) is 0 Å². The molecule has 106 heavy (non-hydrogen) atoms. The van der Waals surface area contributed by atoms with Crippen molar-refractivity contribution in [2.75, 3.05) is 23.0 Å². The summed E-state index contributed by atoms with van der Waals surface area (Å²) >= 11 is 9.23. The van der Waals surface area contributed by atoms with Crippen LogP contribution in [0.3, 0.4) is 0 Å².